The van der Waals surface area contributed by atoms with Crippen LogP contribution < -0.4 is 4.72 Å². The topological polar surface area (TPSA) is 21.3 Å². The first-order valence-corrected chi connectivity index (χ1v) is 4.53. The molecule has 0 fully saturated rings. The van der Waals surface area contributed by atoms with Gasteiger partial charge in [0.05, 0.1) is 12.3 Å². The summed E-state index contributed by atoms with van der Waals surface area (Å²) < 4.78 is 8.39. The van der Waals surface area contributed by atoms with Crippen molar-refractivity contribution < 1.29 is 4.74 Å². The molecular weight excluding hydrogens is 158 g/mol. The summed E-state index contributed by atoms with van der Waals surface area (Å²) in [6.45, 7) is 2.13. The SMILES string of the molecule is CCC(NS)C1CCC=CO1. The highest BCUT2D eigenvalue weighted by Gasteiger charge is 2.19. The molecule has 1 rings (SSSR count). The lowest BCUT2D eigenvalue weighted by Crippen LogP contribution is -2.36. The molecule has 3 heteroatoms. The van der Waals surface area contributed by atoms with Crippen LogP contribution in [0, 0.1) is 0 Å². The molecule has 0 aromatic carbocycles. The maximum Gasteiger partial charge on any atom is 0.114 e. The Hall–Kier alpha value is -0.150. The summed E-state index contributed by atoms with van der Waals surface area (Å²) in [5.41, 5.74) is 0. The van der Waals surface area contributed by atoms with Crippen molar-refractivity contribution in [1.82, 2.24) is 4.72 Å². The van der Waals surface area contributed by atoms with Gasteiger partial charge in [-0.2, -0.15) is 0 Å². The maximum atomic E-state index is 5.43. The highest BCUT2D eigenvalue weighted by Crippen LogP contribution is 2.15. The van der Waals surface area contributed by atoms with Crippen LogP contribution in [-0.2, 0) is 4.74 Å². The van der Waals surface area contributed by atoms with Crippen LogP contribution in [0.3, 0.4) is 0 Å². The second kappa shape index (κ2) is 4.67. The lowest BCUT2D eigenvalue weighted by atomic mass is 10.0. The highest BCUT2D eigenvalue weighted by molar-refractivity contribution is 7.78. The van der Waals surface area contributed by atoms with E-state index in [1.165, 1.54) is 0 Å². The van der Waals surface area contributed by atoms with Crippen molar-refractivity contribution >= 4 is 12.8 Å². The van der Waals surface area contributed by atoms with Gasteiger partial charge in [0.1, 0.15) is 6.10 Å². The summed E-state index contributed by atoms with van der Waals surface area (Å²) >= 11 is 4.05. The molecule has 2 unspecified atom stereocenters. The van der Waals surface area contributed by atoms with Crippen LogP contribution >= 0.6 is 12.8 Å². The standard InChI is InChI=1S/C8H15NOS/c1-2-7(9-11)8-5-3-4-6-10-8/h4,6-9,11H,2-3,5H2,1H3. The lowest BCUT2D eigenvalue weighted by molar-refractivity contribution is 0.0934. The molecule has 0 radical (unpaired) electrons. The predicted molar refractivity (Wildman–Crippen MR) is 49.4 cm³/mol. The van der Waals surface area contributed by atoms with Gasteiger partial charge in [0, 0.05) is 0 Å². The van der Waals surface area contributed by atoms with Gasteiger partial charge in [-0.3, -0.25) is 4.72 Å². The Labute approximate surface area is 73.6 Å². The summed E-state index contributed by atoms with van der Waals surface area (Å²) in [7, 11) is 0. The molecule has 0 amide bonds. The largest absolute Gasteiger partial charge is 0.497 e. The number of nitrogens with one attached hydrogen (secondary N) is 1. The van der Waals surface area contributed by atoms with Gasteiger partial charge >= 0.3 is 0 Å². The fourth-order valence-electron chi connectivity index (χ4n) is 1.29. The molecule has 1 aliphatic heterocycles. The Morgan fingerprint density at radius 3 is 3.09 bits per heavy atom. The Kier molecular flexibility index (Phi) is 3.80. The molecule has 0 aromatic rings. The van der Waals surface area contributed by atoms with Crippen molar-refractivity contribution in [1.29, 1.82) is 0 Å². The minimum absolute atomic E-state index is 0.308. The number of hydrogen-bond donors (Lipinski definition) is 2. The maximum absolute atomic E-state index is 5.43. The van der Waals surface area contributed by atoms with Crippen molar-refractivity contribution in [2.24, 2.45) is 0 Å². The number of thiol groups is 1. The second-order valence-electron chi connectivity index (χ2n) is 2.77. The van der Waals surface area contributed by atoms with E-state index in [1.54, 1.807) is 6.26 Å². The lowest BCUT2D eigenvalue weighted by Gasteiger charge is -2.26. The predicted octanol–water partition coefficient (Wildman–Crippen LogP) is 1.89. The normalized spacial score (nSPS) is 26.2. The van der Waals surface area contributed by atoms with Gasteiger partial charge in [-0.1, -0.05) is 19.7 Å². The molecule has 2 nitrogen and oxygen atoms in total. The van der Waals surface area contributed by atoms with Crippen molar-refractivity contribution in [3.8, 4) is 0 Å². The minimum Gasteiger partial charge on any atom is -0.497 e. The van der Waals surface area contributed by atoms with Gasteiger partial charge in [-0.05, 0) is 25.3 Å². The van der Waals surface area contributed by atoms with Crippen LogP contribution in [0.5, 0.6) is 0 Å². The molecule has 1 aliphatic rings. The van der Waals surface area contributed by atoms with Gasteiger partial charge in [0.25, 0.3) is 0 Å². The van der Waals surface area contributed by atoms with Crippen LogP contribution in [0.25, 0.3) is 0 Å². The third-order valence-corrected chi connectivity index (χ3v) is 2.35. The number of hydrogen-bond acceptors (Lipinski definition) is 3. The van der Waals surface area contributed by atoms with E-state index in [2.05, 4.69) is 30.5 Å². The first-order chi connectivity index (χ1) is 5.38. The van der Waals surface area contributed by atoms with E-state index in [0.717, 1.165) is 19.3 Å². The minimum atomic E-state index is 0.308. The molecule has 0 saturated carbocycles. The second-order valence-corrected chi connectivity index (χ2v) is 3.03. The molecule has 11 heavy (non-hydrogen) atoms. The van der Waals surface area contributed by atoms with E-state index in [1.807, 2.05) is 0 Å². The summed E-state index contributed by atoms with van der Waals surface area (Å²) in [5, 5.41) is 0. The summed E-state index contributed by atoms with van der Waals surface area (Å²) in [6.07, 6.45) is 7.44. The third-order valence-electron chi connectivity index (χ3n) is 2.02. The molecule has 0 spiro atoms. The first-order valence-electron chi connectivity index (χ1n) is 4.08. The first kappa shape index (κ1) is 8.94. The zero-order valence-electron chi connectivity index (χ0n) is 6.79. The van der Waals surface area contributed by atoms with Crippen LogP contribution in [0.2, 0.25) is 0 Å². The van der Waals surface area contributed by atoms with Gasteiger partial charge in [0.15, 0.2) is 0 Å². The van der Waals surface area contributed by atoms with Crippen LogP contribution in [0.1, 0.15) is 26.2 Å². The molecule has 0 aromatic heterocycles. The average molecular weight is 173 g/mol. The van der Waals surface area contributed by atoms with Gasteiger partial charge < -0.3 is 4.74 Å². The van der Waals surface area contributed by atoms with E-state index >= 15 is 0 Å². The summed E-state index contributed by atoms with van der Waals surface area (Å²) in [4.78, 5) is 0. The van der Waals surface area contributed by atoms with Crippen LogP contribution in [0.4, 0.5) is 0 Å². The Bertz CT molecular complexity index is 134. The zero-order valence-corrected chi connectivity index (χ0v) is 7.68. The summed E-state index contributed by atoms with van der Waals surface area (Å²) in [5.74, 6) is 0. The van der Waals surface area contributed by atoms with Crippen LogP contribution in [-0.4, -0.2) is 12.1 Å². The molecule has 0 saturated heterocycles. The Balaban J connectivity index is 2.38. The van der Waals surface area contributed by atoms with Gasteiger partial charge in [0.2, 0.25) is 0 Å². The Morgan fingerprint density at radius 2 is 2.64 bits per heavy atom. The molecule has 0 aliphatic carbocycles. The van der Waals surface area contributed by atoms with Crippen molar-refractivity contribution in [3.63, 3.8) is 0 Å². The molecule has 0 bridgehead atoms. The van der Waals surface area contributed by atoms with E-state index in [0.29, 0.717) is 12.1 Å². The van der Waals surface area contributed by atoms with Crippen LogP contribution in [0.15, 0.2) is 12.3 Å². The van der Waals surface area contributed by atoms with E-state index in [4.69, 9.17) is 4.74 Å². The van der Waals surface area contributed by atoms with Gasteiger partial charge in [-0.25, -0.2) is 0 Å². The van der Waals surface area contributed by atoms with E-state index < -0.39 is 0 Å². The smallest absolute Gasteiger partial charge is 0.114 e. The monoisotopic (exact) mass is 173 g/mol. The third kappa shape index (κ3) is 2.42. The number of ether oxygens (including phenoxy) is 1. The Morgan fingerprint density at radius 1 is 1.82 bits per heavy atom. The number of rotatable bonds is 3. The van der Waals surface area contributed by atoms with Gasteiger partial charge in [-0.15, -0.1) is 0 Å². The molecule has 64 valence electrons. The number of allylic oxidation sites excluding steroid dienone is 1. The van der Waals surface area contributed by atoms with E-state index in [9.17, 15) is 0 Å². The summed E-state index contributed by atoms with van der Waals surface area (Å²) in [6, 6.07) is 0.378. The zero-order chi connectivity index (χ0) is 8.10. The fraction of sp³-hybridized carbons (Fsp3) is 0.750. The quantitative estimate of drug-likeness (QED) is 0.636. The van der Waals surface area contributed by atoms with E-state index in [-0.39, 0.29) is 0 Å². The molecule has 2 atom stereocenters. The molecule has 1 heterocycles. The average Bonchev–Trinajstić information content (AvgIpc) is 2.09. The molecule has 1 N–H and O–H groups in total. The fourth-order valence-corrected chi connectivity index (χ4v) is 1.64. The van der Waals surface area contributed by atoms with Crippen molar-refractivity contribution in [2.45, 2.75) is 38.3 Å². The van der Waals surface area contributed by atoms with Crippen molar-refractivity contribution in [2.75, 3.05) is 0 Å². The molecular formula is C8H15NOS. The highest BCUT2D eigenvalue weighted by atomic mass is 32.1. The van der Waals surface area contributed by atoms with Crippen molar-refractivity contribution in [3.05, 3.63) is 12.3 Å².